The second kappa shape index (κ2) is 5.21. The summed E-state index contributed by atoms with van der Waals surface area (Å²) in [5, 5.41) is 12.1. The lowest BCUT2D eigenvalue weighted by Crippen LogP contribution is -2.55. The topological polar surface area (TPSA) is 39.1 Å². The van der Waals surface area contributed by atoms with Crippen LogP contribution in [0.1, 0.15) is 26.7 Å². The highest BCUT2D eigenvalue weighted by Crippen LogP contribution is 2.06. The molecule has 3 heteroatoms. The average Bonchev–Trinajstić information content (AvgIpc) is 2.04. The fraction of sp³-hybridized carbons (Fsp3) is 0.900. The Labute approximate surface area is 80.7 Å². The summed E-state index contributed by atoms with van der Waals surface area (Å²) in [7, 11) is 0. The van der Waals surface area contributed by atoms with Crippen LogP contribution in [-0.4, -0.2) is 36.6 Å². The molecule has 74 valence electrons. The molecule has 1 N–H and O–H groups in total. The van der Waals surface area contributed by atoms with Crippen LogP contribution in [0, 0.1) is 11.3 Å². The second-order valence-corrected chi connectivity index (χ2v) is 3.89. The summed E-state index contributed by atoms with van der Waals surface area (Å²) in [5.74, 6) is 0. The molecule has 0 aromatic rings. The molecule has 0 aromatic carbocycles. The Balaban J connectivity index is 2.38. The van der Waals surface area contributed by atoms with Gasteiger partial charge in [0.2, 0.25) is 0 Å². The number of nitrogens with one attached hydrogen (secondary N) is 1. The average molecular weight is 181 g/mol. The van der Waals surface area contributed by atoms with Gasteiger partial charge in [-0.2, -0.15) is 5.26 Å². The summed E-state index contributed by atoms with van der Waals surface area (Å²) in [4.78, 5) is 2.45. The second-order valence-electron chi connectivity index (χ2n) is 3.89. The predicted molar refractivity (Wildman–Crippen MR) is 53.3 cm³/mol. The van der Waals surface area contributed by atoms with E-state index in [9.17, 15) is 0 Å². The molecule has 0 amide bonds. The summed E-state index contributed by atoms with van der Waals surface area (Å²) in [6, 6.07) is 3.13. The van der Waals surface area contributed by atoms with Crippen molar-refractivity contribution in [1.82, 2.24) is 10.2 Å². The third-order valence-electron chi connectivity index (χ3n) is 2.41. The van der Waals surface area contributed by atoms with Gasteiger partial charge in [0.1, 0.15) is 0 Å². The van der Waals surface area contributed by atoms with Gasteiger partial charge in [0.05, 0.1) is 12.5 Å². The maximum Gasteiger partial charge on any atom is 0.0638 e. The van der Waals surface area contributed by atoms with Gasteiger partial charge in [0.25, 0.3) is 0 Å². The molecule has 2 unspecified atom stereocenters. The molecule has 2 atom stereocenters. The molecule has 0 aliphatic carbocycles. The van der Waals surface area contributed by atoms with Gasteiger partial charge in [-0.1, -0.05) is 6.92 Å². The number of hydrogen-bond donors (Lipinski definition) is 1. The first kappa shape index (κ1) is 10.5. The third-order valence-corrected chi connectivity index (χ3v) is 2.41. The van der Waals surface area contributed by atoms with Crippen molar-refractivity contribution in [3.63, 3.8) is 0 Å². The highest BCUT2D eigenvalue weighted by molar-refractivity contribution is 4.89. The van der Waals surface area contributed by atoms with E-state index in [0.29, 0.717) is 18.5 Å². The van der Waals surface area contributed by atoms with Crippen molar-refractivity contribution in [3.05, 3.63) is 0 Å². The van der Waals surface area contributed by atoms with Gasteiger partial charge >= 0.3 is 0 Å². The van der Waals surface area contributed by atoms with Crippen LogP contribution in [-0.2, 0) is 0 Å². The normalized spacial score (nSPS) is 29.9. The molecule has 0 saturated carbocycles. The minimum Gasteiger partial charge on any atom is -0.308 e. The van der Waals surface area contributed by atoms with Crippen LogP contribution in [0.25, 0.3) is 0 Å². The van der Waals surface area contributed by atoms with Crippen LogP contribution >= 0.6 is 0 Å². The largest absolute Gasteiger partial charge is 0.308 e. The van der Waals surface area contributed by atoms with E-state index in [2.05, 4.69) is 30.1 Å². The first-order valence-electron chi connectivity index (χ1n) is 5.11. The maximum absolute atomic E-state index is 8.61. The lowest BCUT2D eigenvalue weighted by molar-refractivity contribution is 0.168. The van der Waals surface area contributed by atoms with Gasteiger partial charge in [-0.05, 0) is 19.9 Å². The molecule has 13 heavy (non-hydrogen) atoms. The molecule has 1 fully saturated rings. The van der Waals surface area contributed by atoms with Crippen molar-refractivity contribution in [2.45, 2.75) is 38.8 Å². The minimum absolute atomic E-state index is 0.375. The van der Waals surface area contributed by atoms with Gasteiger partial charge in [-0.15, -0.1) is 0 Å². The molecular formula is C10H19N3. The molecule has 0 radical (unpaired) electrons. The molecule has 3 nitrogen and oxygen atoms in total. The Bertz CT molecular complexity index is 185. The lowest BCUT2D eigenvalue weighted by Gasteiger charge is -2.36. The number of nitrogens with zero attached hydrogens (tertiary/aromatic N) is 2. The van der Waals surface area contributed by atoms with Crippen molar-refractivity contribution in [1.29, 1.82) is 5.26 Å². The Morgan fingerprint density at radius 3 is 2.92 bits per heavy atom. The van der Waals surface area contributed by atoms with Gasteiger partial charge in [-0.3, -0.25) is 0 Å². The molecule has 1 aliphatic rings. The van der Waals surface area contributed by atoms with Crippen LogP contribution in [0.15, 0.2) is 0 Å². The molecule has 1 rings (SSSR count). The van der Waals surface area contributed by atoms with Crippen molar-refractivity contribution in [3.8, 4) is 6.07 Å². The Kier molecular flexibility index (Phi) is 4.20. The third kappa shape index (κ3) is 3.33. The molecule has 1 saturated heterocycles. The van der Waals surface area contributed by atoms with Crippen LogP contribution in [0.5, 0.6) is 0 Å². The quantitative estimate of drug-likeness (QED) is 0.705. The summed E-state index contributed by atoms with van der Waals surface area (Å²) < 4.78 is 0. The summed E-state index contributed by atoms with van der Waals surface area (Å²) in [5.41, 5.74) is 0. The smallest absolute Gasteiger partial charge is 0.0638 e. The van der Waals surface area contributed by atoms with E-state index in [1.807, 2.05) is 0 Å². The molecule has 1 aliphatic heterocycles. The number of rotatable bonds is 3. The van der Waals surface area contributed by atoms with Crippen LogP contribution in [0.2, 0.25) is 0 Å². The zero-order valence-electron chi connectivity index (χ0n) is 8.58. The molecule has 0 aromatic heterocycles. The number of hydrogen-bond acceptors (Lipinski definition) is 3. The maximum atomic E-state index is 8.61. The molecule has 1 heterocycles. The van der Waals surface area contributed by atoms with E-state index in [-0.39, 0.29) is 0 Å². The van der Waals surface area contributed by atoms with Crippen LogP contribution in [0.4, 0.5) is 0 Å². The van der Waals surface area contributed by atoms with Gasteiger partial charge in [-0.25, -0.2) is 0 Å². The fourth-order valence-corrected chi connectivity index (χ4v) is 2.01. The lowest BCUT2D eigenvalue weighted by atomic mass is 10.1. The van der Waals surface area contributed by atoms with Crippen molar-refractivity contribution in [2.24, 2.45) is 0 Å². The highest BCUT2D eigenvalue weighted by Gasteiger charge is 2.22. The molecule has 0 bridgehead atoms. The van der Waals surface area contributed by atoms with E-state index in [1.165, 1.54) is 6.42 Å². The van der Waals surface area contributed by atoms with Gasteiger partial charge in [0, 0.05) is 25.2 Å². The highest BCUT2D eigenvalue weighted by atomic mass is 15.2. The number of piperazine rings is 1. The first-order valence-corrected chi connectivity index (χ1v) is 5.11. The molecular weight excluding hydrogens is 162 g/mol. The van der Waals surface area contributed by atoms with Gasteiger partial charge in [0.15, 0.2) is 0 Å². The Morgan fingerprint density at radius 2 is 2.31 bits per heavy atom. The van der Waals surface area contributed by atoms with Crippen LogP contribution < -0.4 is 5.32 Å². The van der Waals surface area contributed by atoms with Crippen molar-refractivity contribution in [2.75, 3.05) is 19.6 Å². The fourth-order valence-electron chi connectivity index (χ4n) is 2.01. The first-order chi connectivity index (χ1) is 6.26. The van der Waals surface area contributed by atoms with E-state index in [0.717, 1.165) is 19.6 Å². The zero-order valence-corrected chi connectivity index (χ0v) is 8.58. The molecule has 0 spiro atoms. The predicted octanol–water partition coefficient (Wildman–Crippen LogP) is 0.972. The Hall–Kier alpha value is -0.590. The minimum atomic E-state index is 0.375. The SMILES string of the molecule is CCCN1CC(C)NC(CC#N)C1. The van der Waals surface area contributed by atoms with E-state index >= 15 is 0 Å². The van der Waals surface area contributed by atoms with E-state index < -0.39 is 0 Å². The van der Waals surface area contributed by atoms with Gasteiger partial charge < -0.3 is 10.2 Å². The monoisotopic (exact) mass is 181 g/mol. The number of nitriles is 1. The standard InChI is InChI=1S/C10H19N3/c1-3-6-13-7-9(2)12-10(8-13)4-5-11/h9-10,12H,3-4,6-8H2,1-2H3. The van der Waals surface area contributed by atoms with E-state index in [4.69, 9.17) is 5.26 Å². The van der Waals surface area contributed by atoms with Crippen molar-refractivity contribution < 1.29 is 0 Å². The summed E-state index contributed by atoms with van der Waals surface area (Å²) in [6.07, 6.45) is 1.83. The summed E-state index contributed by atoms with van der Waals surface area (Å²) >= 11 is 0. The van der Waals surface area contributed by atoms with E-state index in [1.54, 1.807) is 0 Å². The van der Waals surface area contributed by atoms with Crippen molar-refractivity contribution >= 4 is 0 Å². The van der Waals surface area contributed by atoms with Crippen LogP contribution in [0.3, 0.4) is 0 Å². The zero-order chi connectivity index (χ0) is 9.68. The summed E-state index contributed by atoms with van der Waals surface area (Å²) in [6.45, 7) is 7.70. The Morgan fingerprint density at radius 1 is 1.54 bits per heavy atom.